The number of benzene rings is 1. The fraction of sp³-hybridized carbons (Fsp3) is 0.200. The molecule has 3 aromatic rings. The zero-order valence-electron chi connectivity index (χ0n) is 12.4. The van der Waals surface area contributed by atoms with Gasteiger partial charge in [-0.2, -0.15) is 5.10 Å². The van der Waals surface area contributed by atoms with Crippen molar-refractivity contribution in [1.29, 1.82) is 0 Å². The second kappa shape index (κ2) is 6.70. The first kappa shape index (κ1) is 15.4. The van der Waals surface area contributed by atoms with Crippen molar-refractivity contribution in [3.05, 3.63) is 65.0 Å². The normalized spacial score (nSPS) is 10.7. The molecule has 0 saturated heterocycles. The van der Waals surface area contributed by atoms with Gasteiger partial charge in [-0.3, -0.25) is 9.97 Å². The average molecular weight is 333 g/mol. The highest BCUT2D eigenvalue weighted by atomic mass is 35.5. The molecule has 0 radical (unpaired) electrons. The smallest absolute Gasteiger partial charge is 0.169 e. The predicted molar refractivity (Wildman–Crippen MR) is 84.6 cm³/mol. The van der Waals surface area contributed by atoms with Crippen LogP contribution in [0, 0.1) is 12.7 Å². The summed E-state index contributed by atoms with van der Waals surface area (Å²) < 4.78 is 15.6. The molecule has 8 heteroatoms. The van der Waals surface area contributed by atoms with Gasteiger partial charge in [-0.05, 0) is 19.1 Å². The minimum absolute atomic E-state index is 0.0762. The lowest BCUT2D eigenvalue weighted by Crippen LogP contribution is -2.07. The third kappa shape index (κ3) is 3.62. The van der Waals surface area contributed by atoms with Crippen molar-refractivity contribution in [1.82, 2.24) is 24.7 Å². The molecule has 23 heavy (non-hydrogen) atoms. The highest BCUT2D eigenvalue weighted by Crippen LogP contribution is 2.22. The van der Waals surface area contributed by atoms with Gasteiger partial charge in [-0.15, -0.1) is 0 Å². The highest BCUT2D eigenvalue weighted by Gasteiger charge is 2.10. The van der Waals surface area contributed by atoms with Gasteiger partial charge in [-0.25, -0.2) is 14.1 Å². The molecule has 1 N–H and O–H groups in total. The highest BCUT2D eigenvalue weighted by molar-refractivity contribution is 6.31. The Morgan fingerprint density at radius 3 is 2.96 bits per heavy atom. The number of nitrogens with zero attached hydrogens (tertiary/aromatic N) is 5. The van der Waals surface area contributed by atoms with Crippen molar-refractivity contribution in [3.8, 4) is 0 Å². The van der Waals surface area contributed by atoms with Crippen molar-refractivity contribution in [3.63, 3.8) is 0 Å². The summed E-state index contributed by atoms with van der Waals surface area (Å²) in [4.78, 5) is 12.6. The molecule has 118 valence electrons. The maximum atomic E-state index is 13.8. The van der Waals surface area contributed by atoms with E-state index in [9.17, 15) is 4.39 Å². The Morgan fingerprint density at radius 1 is 1.30 bits per heavy atom. The first-order chi connectivity index (χ1) is 11.1. The van der Waals surface area contributed by atoms with E-state index in [1.807, 2.05) is 6.92 Å². The molecule has 0 spiro atoms. The van der Waals surface area contributed by atoms with Gasteiger partial charge < -0.3 is 5.32 Å². The molecule has 2 aromatic heterocycles. The summed E-state index contributed by atoms with van der Waals surface area (Å²) in [5.41, 5.74) is 1.11. The topological polar surface area (TPSA) is 68.5 Å². The summed E-state index contributed by atoms with van der Waals surface area (Å²) in [7, 11) is 0. The Labute approximate surface area is 137 Å². The Bertz CT molecular complexity index is 805. The van der Waals surface area contributed by atoms with Gasteiger partial charge in [0.2, 0.25) is 0 Å². The summed E-state index contributed by atoms with van der Waals surface area (Å²) in [5.74, 6) is 0.828. The molecule has 0 unspecified atom stereocenters. The van der Waals surface area contributed by atoms with E-state index in [-0.39, 0.29) is 5.02 Å². The first-order valence-electron chi connectivity index (χ1n) is 6.96. The van der Waals surface area contributed by atoms with E-state index in [1.165, 1.54) is 6.07 Å². The Balaban J connectivity index is 1.70. The minimum Gasteiger partial charge on any atom is -0.375 e. The Kier molecular flexibility index (Phi) is 4.47. The SMILES string of the molecule is Cc1nc(CNc2cccc(Cl)c2F)nn1Cc1cnccn1. The van der Waals surface area contributed by atoms with Crippen LogP contribution in [0.5, 0.6) is 0 Å². The van der Waals surface area contributed by atoms with Crippen LogP contribution in [0.2, 0.25) is 5.02 Å². The fourth-order valence-corrected chi connectivity index (χ4v) is 2.26. The largest absolute Gasteiger partial charge is 0.375 e. The van der Waals surface area contributed by atoms with Gasteiger partial charge in [0.15, 0.2) is 11.6 Å². The van der Waals surface area contributed by atoms with Crippen LogP contribution in [0.1, 0.15) is 17.3 Å². The van der Waals surface area contributed by atoms with Crippen molar-refractivity contribution >= 4 is 17.3 Å². The van der Waals surface area contributed by atoms with Gasteiger partial charge >= 0.3 is 0 Å². The van der Waals surface area contributed by atoms with E-state index in [1.54, 1.807) is 35.4 Å². The molecule has 0 bridgehead atoms. The van der Waals surface area contributed by atoms with Gasteiger partial charge in [0.05, 0.1) is 35.7 Å². The lowest BCUT2D eigenvalue weighted by molar-refractivity contribution is 0.628. The second-order valence-electron chi connectivity index (χ2n) is 4.88. The van der Waals surface area contributed by atoms with Crippen LogP contribution in [0.15, 0.2) is 36.8 Å². The Hall–Kier alpha value is -2.54. The van der Waals surface area contributed by atoms with E-state index < -0.39 is 5.82 Å². The van der Waals surface area contributed by atoms with E-state index in [2.05, 4.69) is 25.4 Å². The molecule has 0 aliphatic rings. The van der Waals surface area contributed by atoms with Crippen LogP contribution < -0.4 is 5.32 Å². The van der Waals surface area contributed by atoms with E-state index >= 15 is 0 Å². The van der Waals surface area contributed by atoms with Gasteiger partial charge in [0, 0.05) is 12.4 Å². The predicted octanol–water partition coefficient (Wildman–Crippen LogP) is 2.83. The maximum Gasteiger partial charge on any atom is 0.169 e. The van der Waals surface area contributed by atoms with E-state index in [4.69, 9.17) is 11.6 Å². The number of hydrogen-bond acceptors (Lipinski definition) is 5. The van der Waals surface area contributed by atoms with Crippen LogP contribution in [0.4, 0.5) is 10.1 Å². The van der Waals surface area contributed by atoms with Crippen LogP contribution in [-0.2, 0) is 13.1 Å². The molecule has 1 aromatic carbocycles. The number of aryl methyl sites for hydroxylation is 1. The van der Waals surface area contributed by atoms with Crippen molar-refractivity contribution in [2.24, 2.45) is 0 Å². The number of aromatic nitrogens is 5. The molecule has 0 fully saturated rings. The zero-order valence-corrected chi connectivity index (χ0v) is 13.1. The Morgan fingerprint density at radius 2 is 2.17 bits per heavy atom. The third-order valence-electron chi connectivity index (χ3n) is 3.22. The van der Waals surface area contributed by atoms with E-state index in [0.29, 0.717) is 24.6 Å². The maximum absolute atomic E-state index is 13.8. The van der Waals surface area contributed by atoms with Crippen molar-refractivity contribution in [2.45, 2.75) is 20.0 Å². The van der Waals surface area contributed by atoms with Crippen LogP contribution in [0.25, 0.3) is 0 Å². The molecule has 0 atom stereocenters. The quantitative estimate of drug-likeness (QED) is 0.778. The van der Waals surface area contributed by atoms with Crippen LogP contribution >= 0.6 is 11.6 Å². The molecule has 0 saturated carbocycles. The van der Waals surface area contributed by atoms with Gasteiger partial charge in [0.1, 0.15) is 5.82 Å². The zero-order chi connectivity index (χ0) is 16.2. The van der Waals surface area contributed by atoms with Crippen molar-refractivity contribution < 1.29 is 4.39 Å². The van der Waals surface area contributed by atoms with Crippen LogP contribution in [0.3, 0.4) is 0 Å². The number of nitrogens with one attached hydrogen (secondary N) is 1. The first-order valence-corrected chi connectivity index (χ1v) is 7.34. The second-order valence-corrected chi connectivity index (χ2v) is 5.29. The molecule has 0 aliphatic heterocycles. The molecule has 0 aliphatic carbocycles. The summed E-state index contributed by atoms with van der Waals surface area (Å²) in [6.07, 6.45) is 4.93. The molecular weight excluding hydrogens is 319 g/mol. The molecular formula is C15H14ClFN6. The standard InChI is InChI=1S/C15H14ClFN6/c1-10-21-14(8-20-13-4-2-3-12(16)15(13)17)22-23(10)9-11-7-18-5-6-19-11/h2-7,20H,8-9H2,1H3. The monoisotopic (exact) mass is 332 g/mol. The lowest BCUT2D eigenvalue weighted by atomic mass is 10.3. The summed E-state index contributed by atoms with van der Waals surface area (Å²) >= 11 is 5.75. The number of hydrogen-bond donors (Lipinski definition) is 1. The summed E-state index contributed by atoms with van der Waals surface area (Å²) in [6, 6.07) is 4.80. The summed E-state index contributed by atoms with van der Waals surface area (Å²) in [5, 5.41) is 7.42. The summed E-state index contributed by atoms with van der Waals surface area (Å²) in [6.45, 7) is 2.64. The lowest BCUT2D eigenvalue weighted by Gasteiger charge is -2.06. The molecule has 0 amide bonds. The van der Waals surface area contributed by atoms with Gasteiger partial charge in [0.25, 0.3) is 0 Å². The third-order valence-corrected chi connectivity index (χ3v) is 3.51. The van der Waals surface area contributed by atoms with E-state index in [0.717, 1.165) is 11.5 Å². The number of halogens is 2. The minimum atomic E-state index is -0.482. The average Bonchev–Trinajstić information content (AvgIpc) is 2.90. The molecule has 2 heterocycles. The van der Waals surface area contributed by atoms with Crippen molar-refractivity contribution in [2.75, 3.05) is 5.32 Å². The fourth-order valence-electron chi connectivity index (χ4n) is 2.08. The molecule has 6 nitrogen and oxygen atoms in total. The van der Waals surface area contributed by atoms with Gasteiger partial charge in [-0.1, -0.05) is 17.7 Å². The molecule has 3 rings (SSSR count). The number of rotatable bonds is 5. The number of anilines is 1. The van der Waals surface area contributed by atoms with Crippen LogP contribution in [-0.4, -0.2) is 24.7 Å².